The molecule has 0 radical (unpaired) electrons. The van der Waals surface area contributed by atoms with Gasteiger partial charge in [0.15, 0.2) is 0 Å². The highest BCUT2D eigenvalue weighted by Gasteiger charge is 2.21. The lowest BCUT2D eigenvalue weighted by Gasteiger charge is -2.09. The van der Waals surface area contributed by atoms with Gasteiger partial charge in [-0.15, -0.1) is 0 Å². The van der Waals surface area contributed by atoms with Crippen molar-refractivity contribution >= 4 is 5.91 Å². The molecule has 0 fully saturated rings. The zero-order valence-electron chi connectivity index (χ0n) is 10.4. The standard InChI is InChI=1S/C15H19NO/c1-11(2)7-8-15(17)16-14-9-12-5-3-4-6-13(12)10-14/h3-8,11,14H,9-10H2,1-2H3,(H,16,17)/b8-7+. The Balaban J connectivity index is 1.90. The number of carbonyl (C=O) groups excluding carboxylic acids is 1. The van der Waals surface area contributed by atoms with Crippen molar-refractivity contribution in [3.63, 3.8) is 0 Å². The quantitative estimate of drug-likeness (QED) is 0.793. The molecule has 0 bridgehead atoms. The zero-order chi connectivity index (χ0) is 12.3. The van der Waals surface area contributed by atoms with E-state index in [2.05, 4.69) is 43.4 Å². The molecule has 90 valence electrons. The van der Waals surface area contributed by atoms with Crippen LogP contribution in [0.1, 0.15) is 25.0 Å². The Kier molecular flexibility index (Phi) is 3.62. The normalized spacial score (nSPS) is 15.5. The van der Waals surface area contributed by atoms with E-state index in [4.69, 9.17) is 0 Å². The van der Waals surface area contributed by atoms with Crippen LogP contribution < -0.4 is 5.32 Å². The first-order valence-corrected chi connectivity index (χ1v) is 6.20. The van der Waals surface area contributed by atoms with E-state index in [0.29, 0.717) is 5.92 Å². The van der Waals surface area contributed by atoms with Gasteiger partial charge in [-0.3, -0.25) is 4.79 Å². The molecule has 0 heterocycles. The molecule has 17 heavy (non-hydrogen) atoms. The SMILES string of the molecule is CC(C)/C=C/C(=O)NC1Cc2ccccc2C1. The second-order valence-corrected chi connectivity index (χ2v) is 4.99. The predicted octanol–water partition coefficient (Wildman–Crippen LogP) is 2.48. The Morgan fingerprint density at radius 1 is 1.29 bits per heavy atom. The Hall–Kier alpha value is -1.57. The molecule has 0 atom stereocenters. The molecule has 1 N–H and O–H groups in total. The van der Waals surface area contributed by atoms with Gasteiger partial charge in [-0.05, 0) is 36.0 Å². The summed E-state index contributed by atoms with van der Waals surface area (Å²) in [7, 11) is 0. The van der Waals surface area contributed by atoms with Crippen LogP contribution in [-0.2, 0) is 17.6 Å². The third kappa shape index (κ3) is 3.19. The molecule has 1 aliphatic rings. The van der Waals surface area contributed by atoms with Gasteiger partial charge in [-0.1, -0.05) is 44.2 Å². The number of allylic oxidation sites excluding steroid dienone is 1. The first-order valence-electron chi connectivity index (χ1n) is 6.20. The lowest BCUT2D eigenvalue weighted by atomic mass is 10.1. The third-order valence-electron chi connectivity index (χ3n) is 3.03. The van der Waals surface area contributed by atoms with Gasteiger partial charge in [-0.25, -0.2) is 0 Å². The molecule has 0 saturated carbocycles. The Morgan fingerprint density at radius 2 is 1.88 bits per heavy atom. The maximum atomic E-state index is 11.7. The van der Waals surface area contributed by atoms with Gasteiger partial charge < -0.3 is 5.32 Å². The largest absolute Gasteiger partial charge is 0.349 e. The number of benzene rings is 1. The summed E-state index contributed by atoms with van der Waals surface area (Å²) < 4.78 is 0. The topological polar surface area (TPSA) is 29.1 Å². The molecule has 2 rings (SSSR count). The summed E-state index contributed by atoms with van der Waals surface area (Å²) in [5.41, 5.74) is 2.73. The van der Waals surface area contributed by atoms with E-state index in [1.54, 1.807) is 6.08 Å². The average molecular weight is 229 g/mol. The fourth-order valence-electron chi connectivity index (χ4n) is 2.19. The van der Waals surface area contributed by atoms with Crippen molar-refractivity contribution in [1.29, 1.82) is 0 Å². The molecule has 2 nitrogen and oxygen atoms in total. The van der Waals surface area contributed by atoms with E-state index in [1.165, 1.54) is 11.1 Å². The second kappa shape index (κ2) is 5.17. The van der Waals surface area contributed by atoms with E-state index in [0.717, 1.165) is 12.8 Å². The molecular formula is C15H19NO. The van der Waals surface area contributed by atoms with Crippen LogP contribution in [0.2, 0.25) is 0 Å². The van der Waals surface area contributed by atoms with Crippen LogP contribution in [0.4, 0.5) is 0 Å². The van der Waals surface area contributed by atoms with Gasteiger partial charge in [0.1, 0.15) is 0 Å². The van der Waals surface area contributed by atoms with Crippen LogP contribution in [0.15, 0.2) is 36.4 Å². The smallest absolute Gasteiger partial charge is 0.243 e. The number of nitrogens with one attached hydrogen (secondary N) is 1. The van der Waals surface area contributed by atoms with Crippen molar-refractivity contribution in [3.05, 3.63) is 47.5 Å². The lowest BCUT2D eigenvalue weighted by Crippen LogP contribution is -2.34. The van der Waals surface area contributed by atoms with Crippen molar-refractivity contribution in [2.24, 2.45) is 5.92 Å². The minimum atomic E-state index is 0.0245. The molecule has 0 aromatic heterocycles. The van der Waals surface area contributed by atoms with Crippen molar-refractivity contribution in [2.75, 3.05) is 0 Å². The third-order valence-corrected chi connectivity index (χ3v) is 3.03. The van der Waals surface area contributed by atoms with Crippen molar-refractivity contribution in [3.8, 4) is 0 Å². The molecular weight excluding hydrogens is 210 g/mol. The fraction of sp³-hybridized carbons (Fsp3) is 0.400. The summed E-state index contributed by atoms with van der Waals surface area (Å²) in [5.74, 6) is 0.443. The predicted molar refractivity (Wildman–Crippen MR) is 69.8 cm³/mol. The first kappa shape index (κ1) is 11.9. The summed E-state index contributed by atoms with van der Waals surface area (Å²) in [6, 6.07) is 8.66. The molecule has 0 unspecified atom stereocenters. The highest BCUT2D eigenvalue weighted by molar-refractivity contribution is 5.87. The van der Waals surface area contributed by atoms with Crippen LogP contribution in [0.25, 0.3) is 0 Å². The average Bonchev–Trinajstić information content (AvgIpc) is 2.68. The molecule has 1 aliphatic carbocycles. The van der Waals surface area contributed by atoms with Crippen LogP contribution in [0.5, 0.6) is 0 Å². The Bertz CT molecular complexity index is 409. The maximum absolute atomic E-state index is 11.7. The Morgan fingerprint density at radius 3 is 2.41 bits per heavy atom. The van der Waals surface area contributed by atoms with E-state index in [-0.39, 0.29) is 11.9 Å². The van der Waals surface area contributed by atoms with Crippen molar-refractivity contribution < 1.29 is 4.79 Å². The van der Waals surface area contributed by atoms with Crippen molar-refractivity contribution in [2.45, 2.75) is 32.7 Å². The van der Waals surface area contributed by atoms with Gasteiger partial charge in [0.05, 0.1) is 0 Å². The van der Waals surface area contributed by atoms with Crippen LogP contribution in [-0.4, -0.2) is 11.9 Å². The van der Waals surface area contributed by atoms with Gasteiger partial charge in [0.2, 0.25) is 5.91 Å². The summed E-state index contributed by atoms with van der Waals surface area (Å²) in [4.78, 5) is 11.7. The van der Waals surface area contributed by atoms with E-state index in [1.807, 2.05) is 6.08 Å². The maximum Gasteiger partial charge on any atom is 0.243 e. The van der Waals surface area contributed by atoms with Crippen LogP contribution >= 0.6 is 0 Å². The molecule has 1 aromatic rings. The number of hydrogen-bond acceptors (Lipinski definition) is 1. The number of amides is 1. The highest BCUT2D eigenvalue weighted by atomic mass is 16.1. The Labute approximate surface area is 103 Å². The van der Waals surface area contributed by atoms with Crippen molar-refractivity contribution in [1.82, 2.24) is 5.32 Å². The van der Waals surface area contributed by atoms with E-state index >= 15 is 0 Å². The number of hydrogen-bond donors (Lipinski definition) is 1. The first-order chi connectivity index (χ1) is 8.15. The number of rotatable bonds is 3. The molecule has 0 spiro atoms. The zero-order valence-corrected chi connectivity index (χ0v) is 10.4. The molecule has 2 heteroatoms. The highest BCUT2D eigenvalue weighted by Crippen LogP contribution is 2.21. The van der Waals surface area contributed by atoms with Gasteiger partial charge in [-0.2, -0.15) is 0 Å². The minimum absolute atomic E-state index is 0.0245. The van der Waals surface area contributed by atoms with E-state index in [9.17, 15) is 4.79 Å². The van der Waals surface area contributed by atoms with Crippen LogP contribution in [0.3, 0.4) is 0 Å². The second-order valence-electron chi connectivity index (χ2n) is 4.99. The minimum Gasteiger partial charge on any atom is -0.349 e. The summed E-state index contributed by atoms with van der Waals surface area (Å²) in [6.07, 6.45) is 5.49. The van der Waals surface area contributed by atoms with E-state index < -0.39 is 0 Å². The summed E-state index contributed by atoms with van der Waals surface area (Å²) in [5, 5.41) is 3.06. The van der Waals surface area contributed by atoms with Gasteiger partial charge in [0, 0.05) is 6.04 Å². The van der Waals surface area contributed by atoms with Gasteiger partial charge >= 0.3 is 0 Å². The van der Waals surface area contributed by atoms with Crippen LogP contribution in [0, 0.1) is 5.92 Å². The summed E-state index contributed by atoms with van der Waals surface area (Å²) >= 11 is 0. The summed E-state index contributed by atoms with van der Waals surface area (Å²) in [6.45, 7) is 4.13. The molecule has 0 saturated heterocycles. The monoisotopic (exact) mass is 229 g/mol. The number of carbonyl (C=O) groups is 1. The fourth-order valence-corrected chi connectivity index (χ4v) is 2.19. The molecule has 0 aliphatic heterocycles. The van der Waals surface area contributed by atoms with Gasteiger partial charge in [0.25, 0.3) is 0 Å². The lowest BCUT2D eigenvalue weighted by molar-refractivity contribution is -0.117. The molecule has 1 aromatic carbocycles. The number of fused-ring (bicyclic) bond motifs is 1. The molecule has 1 amide bonds.